The Morgan fingerprint density at radius 2 is 1.79 bits per heavy atom. The Labute approximate surface area is 145 Å². The normalized spacial score (nSPS) is 15.2. The fourth-order valence-corrected chi connectivity index (χ4v) is 3.48. The highest BCUT2D eigenvalue weighted by Gasteiger charge is 2.26. The highest BCUT2D eigenvalue weighted by atomic mass is 32.1. The van der Waals surface area contributed by atoms with Gasteiger partial charge in [0, 0.05) is 31.3 Å². The average Bonchev–Trinajstić information content (AvgIpc) is 3.16. The molecule has 2 aromatic rings. The molecular weight excluding hydrogens is 326 g/mol. The molecule has 1 aliphatic heterocycles. The van der Waals surface area contributed by atoms with Crippen LogP contribution in [-0.4, -0.2) is 44.2 Å². The maximum atomic E-state index is 12.4. The van der Waals surface area contributed by atoms with Gasteiger partial charge in [-0.25, -0.2) is 0 Å². The van der Waals surface area contributed by atoms with Gasteiger partial charge in [-0.05, 0) is 23.6 Å². The first-order valence-corrected chi connectivity index (χ1v) is 8.86. The number of hydrogen-bond donors (Lipinski definition) is 0. The second kappa shape index (κ2) is 7.57. The molecule has 1 aromatic carbocycles. The van der Waals surface area contributed by atoms with E-state index in [9.17, 15) is 4.79 Å². The molecule has 0 N–H and O–H groups in total. The maximum Gasteiger partial charge on any atom is 0.254 e. The van der Waals surface area contributed by atoms with Gasteiger partial charge in [-0.15, -0.1) is 0 Å². The van der Waals surface area contributed by atoms with E-state index < -0.39 is 0 Å². The van der Waals surface area contributed by atoms with Gasteiger partial charge in [0.15, 0.2) is 11.5 Å². The van der Waals surface area contributed by atoms with Crippen LogP contribution in [0.2, 0.25) is 0 Å². The first-order chi connectivity index (χ1) is 11.7. The molecule has 0 aliphatic carbocycles. The van der Waals surface area contributed by atoms with E-state index >= 15 is 0 Å². The summed E-state index contributed by atoms with van der Waals surface area (Å²) < 4.78 is 16.9. The standard InChI is InChI=1S/C18H21NO4S/c1-21-15-4-3-5-16(22-2)17(15)23-14-6-9-19(10-7-14)18(20)13-8-11-24-12-13/h3-5,8,11-12,14H,6-7,9-10H2,1-2H3. The summed E-state index contributed by atoms with van der Waals surface area (Å²) >= 11 is 1.54. The van der Waals surface area contributed by atoms with Gasteiger partial charge in [0.25, 0.3) is 5.91 Å². The topological polar surface area (TPSA) is 48.0 Å². The van der Waals surface area contributed by atoms with Crippen molar-refractivity contribution in [3.05, 3.63) is 40.6 Å². The van der Waals surface area contributed by atoms with Gasteiger partial charge >= 0.3 is 0 Å². The average molecular weight is 347 g/mol. The lowest BCUT2D eigenvalue weighted by Gasteiger charge is -2.32. The molecule has 128 valence electrons. The molecule has 6 heteroatoms. The summed E-state index contributed by atoms with van der Waals surface area (Å²) in [5.74, 6) is 2.05. The Morgan fingerprint density at radius 1 is 1.12 bits per heavy atom. The smallest absolute Gasteiger partial charge is 0.254 e. The Kier molecular flexibility index (Phi) is 5.25. The van der Waals surface area contributed by atoms with Crippen molar-refractivity contribution >= 4 is 17.2 Å². The minimum Gasteiger partial charge on any atom is -0.493 e. The monoisotopic (exact) mass is 347 g/mol. The number of methoxy groups -OCH3 is 2. The summed E-state index contributed by atoms with van der Waals surface area (Å²) in [6.45, 7) is 1.38. The van der Waals surface area contributed by atoms with Crippen LogP contribution in [-0.2, 0) is 0 Å². The lowest BCUT2D eigenvalue weighted by molar-refractivity contribution is 0.0585. The molecule has 3 rings (SSSR count). The third kappa shape index (κ3) is 3.48. The van der Waals surface area contributed by atoms with Gasteiger partial charge in [-0.3, -0.25) is 4.79 Å². The summed E-state index contributed by atoms with van der Waals surface area (Å²) in [7, 11) is 3.23. The first kappa shape index (κ1) is 16.6. The highest BCUT2D eigenvalue weighted by molar-refractivity contribution is 7.08. The molecule has 1 aromatic heterocycles. The Bertz CT molecular complexity index is 656. The number of thiophene rings is 1. The van der Waals surface area contributed by atoms with E-state index in [1.807, 2.05) is 39.9 Å². The first-order valence-electron chi connectivity index (χ1n) is 7.92. The van der Waals surface area contributed by atoms with Crippen molar-refractivity contribution in [2.75, 3.05) is 27.3 Å². The van der Waals surface area contributed by atoms with Crippen LogP contribution < -0.4 is 14.2 Å². The minimum atomic E-state index is 0.0433. The zero-order chi connectivity index (χ0) is 16.9. The molecule has 0 atom stereocenters. The Hall–Kier alpha value is -2.21. The van der Waals surface area contributed by atoms with E-state index in [2.05, 4.69) is 0 Å². The summed E-state index contributed by atoms with van der Waals surface area (Å²) in [4.78, 5) is 14.3. The number of carbonyl (C=O) groups is 1. The second-order valence-electron chi connectivity index (χ2n) is 5.61. The quantitative estimate of drug-likeness (QED) is 0.831. The number of carbonyl (C=O) groups excluding carboxylic acids is 1. The van der Waals surface area contributed by atoms with Crippen LogP contribution in [0.4, 0.5) is 0 Å². The molecule has 1 amide bonds. The molecule has 1 aliphatic rings. The summed E-state index contributed by atoms with van der Waals surface area (Å²) in [6, 6.07) is 7.45. The van der Waals surface area contributed by atoms with Crippen molar-refractivity contribution in [1.82, 2.24) is 4.90 Å². The SMILES string of the molecule is COc1cccc(OC)c1OC1CCN(C(=O)c2ccsc2)CC1. The number of para-hydroxylation sites is 1. The van der Waals surface area contributed by atoms with Crippen molar-refractivity contribution in [3.63, 3.8) is 0 Å². The molecule has 0 spiro atoms. The molecule has 2 heterocycles. The van der Waals surface area contributed by atoms with Crippen molar-refractivity contribution < 1.29 is 19.0 Å². The van der Waals surface area contributed by atoms with E-state index in [-0.39, 0.29) is 12.0 Å². The van der Waals surface area contributed by atoms with Crippen molar-refractivity contribution in [2.24, 2.45) is 0 Å². The number of hydrogen-bond acceptors (Lipinski definition) is 5. The van der Waals surface area contributed by atoms with E-state index in [4.69, 9.17) is 14.2 Å². The third-order valence-corrected chi connectivity index (χ3v) is 4.85. The Morgan fingerprint density at radius 3 is 2.33 bits per heavy atom. The number of benzene rings is 1. The van der Waals surface area contributed by atoms with Crippen LogP contribution in [0.25, 0.3) is 0 Å². The van der Waals surface area contributed by atoms with Gasteiger partial charge < -0.3 is 19.1 Å². The van der Waals surface area contributed by atoms with E-state index in [1.54, 1.807) is 25.6 Å². The molecule has 1 saturated heterocycles. The second-order valence-corrected chi connectivity index (χ2v) is 6.39. The number of nitrogens with zero attached hydrogens (tertiary/aromatic N) is 1. The third-order valence-electron chi connectivity index (χ3n) is 4.16. The van der Waals surface area contributed by atoms with E-state index in [1.165, 1.54) is 0 Å². The van der Waals surface area contributed by atoms with Crippen molar-refractivity contribution in [2.45, 2.75) is 18.9 Å². The number of amides is 1. The van der Waals surface area contributed by atoms with Gasteiger partial charge in [0.05, 0.1) is 19.8 Å². The summed E-state index contributed by atoms with van der Waals surface area (Å²) in [5, 5.41) is 3.82. The number of likely N-dealkylation sites (tertiary alicyclic amines) is 1. The van der Waals surface area contributed by atoms with Gasteiger partial charge in [0.1, 0.15) is 6.10 Å². The van der Waals surface area contributed by atoms with E-state index in [0.29, 0.717) is 30.3 Å². The van der Waals surface area contributed by atoms with Crippen LogP contribution in [0.3, 0.4) is 0 Å². The van der Waals surface area contributed by atoms with Crippen LogP contribution in [0, 0.1) is 0 Å². The van der Waals surface area contributed by atoms with Gasteiger partial charge in [0.2, 0.25) is 5.75 Å². The molecule has 24 heavy (non-hydrogen) atoms. The molecule has 0 saturated carbocycles. The predicted molar refractivity (Wildman–Crippen MR) is 93.4 cm³/mol. The maximum absolute atomic E-state index is 12.4. The fourth-order valence-electron chi connectivity index (χ4n) is 2.85. The van der Waals surface area contributed by atoms with Gasteiger partial charge in [-0.1, -0.05) is 6.07 Å². The molecule has 0 bridgehead atoms. The van der Waals surface area contributed by atoms with Gasteiger partial charge in [-0.2, -0.15) is 11.3 Å². The molecule has 0 unspecified atom stereocenters. The Balaban J connectivity index is 1.63. The number of rotatable bonds is 5. The summed E-state index contributed by atoms with van der Waals surface area (Å²) in [5.41, 5.74) is 0.769. The largest absolute Gasteiger partial charge is 0.493 e. The molecule has 5 nitrogen and oxygen atoms in total. The molecular formula is C18H21NO4S. The van der Waals surface area contributed by atoms with Crippen LogP contribution in [0.5, 0.6) is 17.2 Å². The van der Waals surface area contributed by atoms with Crippen molar-refractivity contribution in [3.8, 4) is 17.2 Å². The molecule has 1 fully saturated rings. The molecule has 0 radical (unpaired) electrons. The minimum absolute atomic E-state index is 0.0433. The zero-order valence-corrected chi connectivity index (χ0v) is 14.7. The summed E-state index contributed by atoms with van der Waals surface area (Å²) in [6.07, 6.45) is 1.62. The highest BCUT2D eigenvalue weighted by Crippen LogP contribution is 2.38. The number of ether oxygens (including phenoxy) is 3. The van der Waals surface area contributed by atoms with Crippen LogP contribution in [0.15, 0.2) is 35.0 Å². The number of piperidine rings is 1. The predicted octanol–water partition coefficient (Wildman–Crippen LogP) is 3.45. The lowest BCUT2D eigenvalue weighted by Crippen LogP contribution is -2.41. The zero-order valence-electron chi connectivity index (χ0n) is 13.9. The lowest BCUT2D eigenvalue weighted by atomic mass is 10.1. The van der Waals surface area contributed by atoms with Crippen LogP contribution in [0.1, 0.15) is 23.2 Å². The van der Waals surface area contributed by atoms with Crippen LogP contribution >= 0.6 is 11.3 Å². The fraction of sp³-hybridized carbons (Fsp3) is 0.389. The van der Waals surface area contributed by atoms with E-state index in [0.717, 1.165) is 18.4 Å². The van der Waals surface area contributed by atoms with Crippen molar-refractivity contribution in [1.29, 1.82) is 0 Å².